The smallest absolute Gasteiger partial charge is 0.339 e. The molecule has 2 aromatic carbocycles. The zero-order valence-electron chi connectivity index (χ0n) is 11.6. The first-order chi connectivity index (χ1) is 10.5. The number of hydrogen-bond acceptors (Lipinski definition) is 3. The summed E-state index contributed by atoms with van der Waals surface area (Å²) >= 11 is 1.98. The van der Waals surface area contributed by atoms with E-state index >= 15 is 0 Å². The maximum absolute atomic E-state index is 13.9. The summed E-state index contributed by atoms with van der Waals surface area (Å²) in [7, 11) is 1.22. The van der Waals surface area contributed by atoms with Crippen molar-refractivity contribution >= 4 is 46.0 Å². The number of halogens is 3. The largest absolute Gasteiger partial charge is 0.465 e. The van der Waals surface area contributed by atoms with Gasteiger partial charge in [0, 0.05) is 9.13 Å². The van der Waals surface area contributed by atoms with Crippen LogP contribution in [-0.2, 0) is 4.74 Å². The van der Waals surface area contributed by atoms with Crippen molar-refractivity contribution in [3.63, 3.8) is 0 Å². The second kappa shape index (κ2) is 6.87. The summed E-state index contributed by atoms with van der Waals surface area (Å²) in [6.45, 7) is 3.48. The molecule has 0 aromatic heterocycles. The summed E-state index contributed by atoms with van der Waals surface area (Å²) in [5, 5.41) is 2.72. The molecule has 0 aliphatic heterocycles. The molecule has 0 amide bonds. The first-order valence-electron chi connectivity index (χ1n) is 6.22. The van der Waals surface area contributed by atoms with Crippen LogP contribution in [0, 0.1) is 15.2 Å². The maximum Gasteiger partial charge on any atom is 0.339 e. The van der Waals surface area contributed by atoms with Crippen LogP contribution in [0.15, 0.2) is 36.9 Å². The SMILES string of the molecule is C=Cc1cc(C(=O)OC)c(Nc2ccc(I)cc2F)cc1F. The lowest BCUT2D eigenvalue weighted by Gasteiger charge is -2.13. The van der Waals surface area contributed by atoms with Gasteiger partial charge < -0.3 is 10.1 Å². The van der Waals surface area contributed by atoms with E-state index in [-0.39, 0.29) is 22.5 Å². The minimum absolute atomic E-state index is 0.0942. The minimum Gasteiger partial charge on any atom is -0.465 e. The molecule has 0 aliphatic rings. The first-order valence-corrected chi connectivity index (χ1v) is 7.30. The third kappa shape index (κ3) is 3.44. The Labute approximate surface area is 140 Å². The Bertz CT molecular complexity index is 747. The number of esters is 1. The summed E-state index contributed by atoms with van der Waals surface area (Å²) in [5.41, 5.74) is 0.511. The Morgan fingerprint density at radius 1 is 1.23 bits per heavy atom. The van der Waals surface area contributed by atoms with Gasteiger partial charge in [0.2, 0.25) is 0 Å². The normalized spacial score (nSPS) is 10.2. The van der Waals surface area contributed by atoms with Gasteiger partial charge in [-0.1, -0.05) is 12.7 Å². The van der Waals surface area contributed by atoms with E-state index in [1.807, 2.05) is 22.6 Å². The van der Waals surface area contributed by atoms with Crippen molar-refractivity contribution in [2.75, 3.05) is 12.4 Å². The Morgan fingerprint density at radius 3 is 2.55 bits per heavy atom. The molecular formula is C16H12F2INO2. The number of nitrogens with one attached hydrogen (secondary N) is 1. The molecule has 114 valence electrons. The number of carbonyl (C=O) groups is 1. The van der Waals surface area contributed by atoms with Gasteiger partial charge in [-0.2, -0.15) is 0 Å². The van der Waals surface area contributed by atoms with Gasteiger partial charge in [-0.25, -0.2) is 13.6 Å². The molecule has 0 saturated heterocycles. The fourth-order valence-electron chi connectivity index (χ4n) is 1.86. The van der Waals surface area contributed by atoms with Gasteiger partial charge in [0.15, 0.2) is 0 Å². The van der Waals surface area contributed by atoms with Crippen LogP contribution in [0.3, 0.4) is 0 Å². The highest BCUT2D eigenvalue weighted by Crippen LogP contribution is 2.27. The highest BCUT2D eigenvalue weighted by Gasteiger charge is 2.16. The predicted molar refractivity (Wildman–Crippen MR) is 90.2 cm³/mol. The molecule has 1 N–H and O–H groups in total. The van der Waals surface area contributed by atoms with Crippen LogP contribution in [0.5, 0.6) is 0 Å². The van der Waals surface area contributed by atoms with Crippen molar-refractivity contribution in [3.05, 3.63) is 63.2 Å². The monoisotopic (exact) mass is 415 g/mol. The van der Waals surface area contributed by atoms with Crippen molar-refractivity contribution in [1.82, 2.24) is 0 Å². The fraction of sp³-hybridized carbons (Fsp3) is 0.0625. The van der Waals surface area contributed by atoms with Crippen LogP contribution in [0.2, 0.25) is 0 Å². The van der Waals surface area contributed by atoms with Crippen LogP contribution < -0.4 is 5.32 Å². The number of ether oxygens (including phenoxy) is 1. The molecule has 0 saturated carbocycles. The van der Waals surface area contributed by atoms with Crippen molar-refractivity contribution in [2.24, 2.45) is 0 Å². The van der Waals surface area contributed by atoms with Gasteiger partial charge in [-0.15, -0.1) is 0 Å². The zero-order valence-corrected chi connectivity index (χ0v) is 13.8. The fourth-order valence-corrected chi connectivity index (χ4v) is 2.32. The quantitative estimate of drug-likeness (QED) is 0.579. The van der Waals surface area contributed by atoms with E-state index in [9.17, 15) is 13.6 Å². The van der Waals surface area contributed by atoms with E-state index in [0.29, 0.717) is 0 Å². The van der Waals surface area contributed by atoms with Crippen LogP contribution in [0.4, 0.5) is 20.2 Å². The average Bonchev–Trinajstić information content (AvgIpc) is 2.49. The Kier molecular flexibility index (Phi) is 5.12. The highest BCUT2D eigenvalue weighted by atomic mass is 127. The topological polar surface area (TPSA) is 38.3 Å². The summed E-state index contributed by atoms with van der Waals surface area (Å²) in [6.07, 6.45) is 1.29. The molecule has 0 fully saturated rings. The Hall–Kier alpha value is -1.96. The van der Waals surface area contributed by atoms with Gasteiger partial charge in [0.05, 0.1) is 24.0 Å². The standard InChI is InChI=1S/C16H12F2INO2/c1-3-9-6-11(16(21)22-2)15(8-12(9)17)20-14-5-4-10(19)7-13(14)18/h3-8,20H,1H2,2H3. The third-order valence-electron chi connectivity index (χ3n) is 2.96. The number of anilines is 2. The highest BCUT2D eigenvalue weighted by molar-refractivity contribution is 14.1. The van der Waals surface area contributed by atoms with Crippen LogP contribution >= 0.6 is 22.6 Å². The summed E-state index contributed by atoms with van der Waals surface area (Å²) in [4.78, 5) is 11.8. The maximum atomic E-state index is 13.9. The molecular weight excluding hydrogens is 403 g/mol. The predicted octanol–water partition coefficient (Wildman–Crippen LogP) is 4.74. The van der Waals surface area contributed by atoms with E-state index < -0.39 is 17.6 Å². The molecule has 3 nitrogen and oxygen atoms in total. The molecule has 0 bridgehead atoms. The lowest BCUT2D eigenvalue weighted by atomic mass is 10.1. The molecule has 0 atom stereocenters. The van der Waals surface area contributed by atoms with Crippen molar-refractivity contribution in [1.29, 1.82) is 0 Å². The summed E-state index contributed by atoms with van der Waals surface area (Å²) < 4.78 is 33.2. The average molecular weight is 415 g/mol. The van der Waals surface area contributed by atoms with Crippen LogP contribution in [0.25, 0.3) is 6.08 Å². The molecule has 2 aromatic rings. The third-order valence-corrected chi connectivity index (χ3v) is 3.63. The first kappa shape index (κ1) is 16.4. The molecule has 0 radical (unpaired) electrons. The van der Waals surface area contributed by atoms with E-state index in [1.165, 1.54) is 31.4 Å². The molecule has 22 heavy (non-hydrogen) atoms. The van der Waals surface area contributed by atoms with Gasteiger partial charge in [-0.3, -0.25) is 0 Å². The Balaban J connectivity index is 2.51. The minimum atomic E-state index is -0.656. The van der Waals surface area contributed by atoms with Gasteiger partial charge in [0.1, 0.15) is 11.6 Å². The summed E-state index contributed by atoms with van der Waals surface area (Å²) in [5.74, 6) is -1.73. The molecule has 0 spiro atoms. The van der Waals surface area contributed by atoms with Crippen LogP contribution in [-0.4, -0.2) is 13.1 Å². The lowest BCUT2D eigenvalue weighted by molar-refractivity contribution is 0.0602. The second-order valence-corrected chi connectivity index (χ2v) is 5.61. The number of methoxy groups -OCH3 is 1. The second-order valence-electron chi connectivity index (χ2n) is 4.36. The number of carbonyl (C=O) groups excluding carboxylic acids is 1. The van der Waals surface area contributed by atoms with Gasteiger partial charge in [0.25, 0.3) is 0 Å². The number of benzene rings is 2. The molecule has 2 rings (SSSR count). The van der Waals surface area contributed by atoms with E-state index in [4.69, 9.17) is 0 Å². The van der Waals surface area contributed by atoms with Crippen molar-refractivity contribution in [2.45, 2.75) is 0 Å². The Morgan fingerprint density at radius 2 is 1.95 bits per heavy atom. The van der Waals surface area contributed by atoms with Gasteiger partial charge >= 0.3 is 5.97 Å². The molecule has 0 aliphatic carbocycles. The van der Waals surface area contributed by atoms with Crippen LogP contribution in [0.1, 0.15) is 15.9 Å². The van der Waals surface area contributed by atoms with E-state index in [1.54, 1.807) is 6.07 Å². The summed E-state index contributed by atoms with van der Waals surface area (Å²) in [6, 6.07) is 6.95. The molecule has 0 heterocycles. The van der Waals surface area contributed by atoms with Crippen molar-refractivity contribution in [3.8, 4) is 0 Å². The van der Waals surface area contributed by atoms with E-state index in [0.717, 1.165) is 9.64 Å². The van der Waals surface area contributed by atoms with Gasteiger partial charge in [-0.05, 0) is 52.9 Å². The number of rotatable bonds is 4. The lowest BCUT2D eigenvalue weighted by Crippen LogP contribution is -2.08. The number of hydrogen-bond donors (Lipinski definition) is 1. The molecule has 6 heteroatoms. The van der Waals surface area contributed by atoms with E-state index in [2.05, 4.69) is 16.6 Å². The molecule has 0 unspecified atom stereocenters. The zero-order chi connectivity index (χ0) is 16.3. The van der Waals surface area contributed by atoms with Crippen molar-refractivity contribution < 1.29 is 18.3 Å².